The third-order valence-electron chi connectivity index (χ3n) is 8.15. The molecule has 1 aromatic rings. The number of methoxy groups -OCH3 is 2. The predicted octanol–water partition coefficient (Wildman–Crippen LogP) is 4.46. The van der Waals surface area contributed by atoms with Crippen molar-refractivity contribution in [2.45, 2.75) is 52.0 Å². The van der Waals surface area contributed by atoms with Crippen molar-refractivity contribution in [3.63, 3.8) is 0 Å². The molecule has 2 unspecified atom stereocenters. The van der Waals surface area contributed by atoms with Crippen LogP contribution < -0.4 is 9.64 Å². The molecule has 0 spiro atoms. The van der Waals surface area contributed by atoms with Crippen molar-refractivity contribution >= 4 is 81.5 Å². The minimum atomic E-state index is -1.09. The van der Waals surface area contributed by atoms with Crippen molar-refractivity contribution in [1.29, 1.82) is 0 Å². The predicted molar refractivity (Wildman–Crippen MR) is 167 cm³/mol. The summed E-state index contributed by atoms with van der Waals surface area (Å²) >= 11 is 8.15. The minimum absolute atomic E-state index is 0.0796. The first-order valence-corrected chi connectivity index (χ1v) is 16.0. The Labute approximate surface area is 263 Å². The molecule has 1 aliphatic carbocycles. The van der Waals surface area contributed by atoms with Crippen LogP contribution in [0.4, 0.5) is 5.69 Å². The van der Waals surface area contributed by atoms with E-state index in [9.17, 15) is 24.0 Å². The molecule has 0 aromatic heterocycles. The second-order valence-electron chi connectivity index (χ2n) is 11.0. The highest BCUT2D eigenvalue weighted by Gasteiger charge is 2.51. The quantitative estimate of drug-likeness (QED) is 0.189. The van der Waals surface area contributed by atoms with Crippen LogP contribution in [0.5, 0.6) is 5.75 Å². The van der Waals surface area contributed by atoms with Gasteiger partial charge in [-0.2, -0.15) is 0 Å². The van der Waals surface area contributed by atoms with Gasteiger partial charge in [0, 0.05) is 11.1 Å². The molecule has 228 valence electrons. The van der Waals surface area contributed by atoms with E-state index in [4.69, 9.17) is 26.4 Å². The molecule has 5 rings (SSSR count). The number of anilines is 1. The Morgan fingerprint density at radius 2 is 1.53 bits per heavy atom. The minimum Gasteiger partial charge on any atom is -0.494 e. The van der Waals surface area contributed by atoms with Crippen LogP contribution in [0.2, 0.25) is 0 Å². The Balaban J connectivity index is 1.59. The molecular formula is C30H32N2O8S3. The van der Waals surface area contributed by atoms with Crippen molar-refractivity contribution in [2.75, 3.05) is 32.3 Å². The van der Waals surface area contributed by atoms with Gasteiger partial charge in [-0.1, -0.05) is 48.6 Å². The number of rotatable bonds is 6. The maximum atomic E-state index is 14.1. The lowest BCUT2D eigenvalue weighted by atomic mass is 9.81. The SMILES string of the molecule is CCOc1ccc2c(c1)C(=C1SC(C(=O)OC)=C(C(=O)OC)S1)C(=S)C(C)(C)N2C(=O)CN1C(=O)C2CCCCC2C1=O. The monoisotopic (exact) mass is 644 g/mol. The molecule has 3 aliphatic heterocycles. The summed E-state index contributed by atoms with van der Waals surface area (Å²) in [6.07, 6.45) is 3.10. The Bertz CT molecular complexity index is 1460. The van der Waals surface area contributed by atoms with E-state index < -0.39 is 23.4 Å². The number of nitrogens with zero attached hydrogens (tertiary/aromatic N) is 2. The molecule has 0 radical (unpaired) electrons. The molecule has 1 saturated carbocycles. The fourth-order valence-electron chi connectivity index (χ4n) is 6.09. The first kappa shape index (κ1) is 31.3. The zero-order valence-corrected chi connectivity index (χ0v) is 27.0. The van der Waals surface area contributed by atoms with Crippen LogP contribution >= 0.6 is 35.7 Å². The maximum absolute atomic E-state index is 14.1. The van der Waals surface area contributed by atoms with Crippen LogP contribution in [-0.4, -0.2) is 72.3 Å². The number of hydrogen-bond donors (Lipinski definition) is 0. The molecule has 1 saturated heterocycles. The van der Waals surface area contributed by atoms with Crippen molar-refractivity contribution in [3.05, 3.63) is 37.8 Å². The molecule has 1 aromatic carbocycles. The van der Waals surface area contributed by atoms with Gasteiger partial charge in [-0.15, -0.1) is 0 Å². The molecular weight excluding hydrogens is 613 g/mol. The summed E-state index contributed by atoms with van der Waals surface area (Å²) in [6.45, 7) is 5.44. The zero-order valence-electron chi connectivity index (χ0n) is 24.5. The molecule has 4 aliphatic rings. The van der Waals surface area contributed by atoms with Gasteiger partial charge in [0.15, 0.2) is 0 Å². The Morgan fingerprint density at radius 3 is 2.05 bits per heavy atom. The van der Waals surface area contributed by atoms with Crippen LogP contribution in [0.3, 0.4) is 0 Å². The van der Waals surface area contributed by atoms with Gasteiger partial charge in [-0.05, 0) is 51.8 Å². The van der Waals surface area contributed by atoms with E-state index in [1.54, 1.807) is 32.0 Å². The molecule has 2 atom stereocenters. The summed E-state index contributed by atoms with van der Waals surface area (Å²) in [5, 5.41) is 0. The number of amides is 3. The number of ether oxygens (including phenoxy) is 3. The van der Waals surface area contributed by atoms with Crippen LogP contribution in [0.15, 0.2) is 32.2 Å². The fourth-order valence-corrected chi connectivity index (χ4v) is 9.13. The molecule has 43 heavy (non-hydrogen) atoms. The van der Waals surface area contributed by atoms with E-state index in [1.165, 1.54) is 19.1 Å². The number of thioether (sulfide) groups is 2. The molecule has 0 N–H and O–H groups in total. The molecule has 13 heteroatoms. The molecule has 10 nitrogen and oxygen atoms in total. The largest absolute Gasteiger partial charge is 0.494 e. The summed E-state index contributed by atoms with van der Waals surface area (Å²) < 4.78 is 16.2. The highest BCUT2D eigenvalue weighted by Crippen LogP contribution is 2.56. The molecule has 2 fully saturated rings. The standard InChI is InChI=1S/C30H32N2O8S3/c1-6-40-15-11-12-19-18(13-15)21(29-42-22(27(36)38-4)23(43-29)28(37)39-5)24(41)30(2,3)32(19)20(33)14-31-25(34)16-9-7-8-10-17(16)26(31)35/h11-13,16-17H,6-10,14H2,1-5H3. The van der Waals surface area contributed by atoms with Crippen LogP contribution in [0.1, 0.15) is 52.0 Å². The Morgan fingerprint density at radius 1 is 0.977 bits per heavy atom. The van der Waals surface area contributed by atoms with E-state index in [1.807, 2.05) is 6.92 Å². The number of esters is 2. The van der Waals surface area contributed by atoms with E-state index in [2.05, 4.69) is 0 Å². The van der Waals surface area contributed by atoms with Gasteiger partial charge < -0.3 is 14.2 Å². The second-order valence-corrected chi connectivity index (χ2v) is 13.7. The first-order chi connectivity index (χ1) is 20.5. The highest BCUT2D eigenvalue weighted by molar-refractivity contribution is 8.29. The molecule has 0 bridgehead atoms. The summed E-state index contributed by atoms with van der Waals surface area (Å²) in [6, 6.07) is 5.25. The van der Waals surface area contributed by atoms with E-state index >= 15 is 0 Å². The van der Waals surface area contributed by atoms with E-state index in [0.717, 1.165) is 41.3 Å². The van der Waals surface area contributed by atoms with Gasteiger partial charge in [0.1, 0.15) is 22.1 Å². The topological polar surface area (TPSA) is 120 Å². The summed E-state index contributed by atoms with van der Waals surface area (Å²) in [4.78, 5) is 68.9. The van der Waals surface area contributed by atoms with Crippen LogP contribution in [0, 0.1) is 11.8 Å². The summed E-state index contributed by atoms with van der Waals surface area (Å²) in [5.74, 6) is -2.58. The van der Waals surface area contributed by atoms with Gasteiger partial charge in [-0.25, -0.2) is 9.59 Å². The zero-order chi connectivity index (χ0) is 31.2. The van der Waals surface area contributed by atoms with Gasteiger partial charge in [0.25, 0.3) is 0 Å². The number of imide groups is 1. The first-order valence-electron chi connectivity index (χ1n) is 14.0. The van der Waals surface area contributed by atoms with Crippen LogP contribution in [-0.2, 0) is 33.4 Å². The summed E-state index contributed by atoms with van der Waals surface area (Å²) in [5.41, 5.74) is 0.531. The lowest BCUT2D eigenvalue weighted by molar-refractivity contribution is -0.143. The number of hydrogen-bond acceptors (Lipinski definition) is 11. The van der Waals surface area contributed by atoms with E-state index in [0.29, 0.717) is 51.1 Å². The third-order valence-corrected chi connectivity index (χ3v) is 11.4. The summed E-state index contributed by atoms with van der Waals surface area (Å²) in [7, 11) is 2.46. The smallest absolute Gasteiger partial charge is 0.346 e. The van der Waals surface area contributed by atoms with Crippen molar-refractivity contribution in [1.82, 2.24) is 4.90 Å². The fraction of sp³-hybridized carbons (Fsp3) is 0.467. The van der Waals surface area contributed by atoms with E-state index in [-0.39, 0.29) is 40.0 Å². The Kier molecular flexibility index (Phi) is 8.79. The number of benzene rings is 1. The van der Waals surface area contributed by atoms with Gasteiger partial charge >= 0.3 is 11.9 Å². The lowest BCUT2D eigenvalue weighted by Gasteiger charge is -2.45. The number of fused-ring (bicyclic) bond motifs is 2. The Hall–Kier alpha value is -3.16. The van der Waals surface area contributed by atoms with Crippen molar-refractivity contribution in [3.8, 4) is 5.75 Å². The number of likely N-dealkylation sites (tertiary alicyclic amines) is 1. The second kappa shape index (κ2) is 12.1. The third kappa shape index (κ3) is 5.29. The van der Waals surface area contributed by atoms with Gasteiger partial charge in [0.2, 0.25) is 17.7 Å². The van der Waals surface area contributed by atoms with Gasteiger partial charge in [-0.3, -0.25) is 24.2 Å². The number of thiocarbonyl (C=S) groups is 1. The van der Waals surface area contributed by atoms with Crippen molar-refractivity contribution < 1.29 is 38.2 Å². The average Bonchev–Trinajstić information content (AvgIpc) is 3.53. The maximum Gasteiger partial charge on any atom is 0.346 e. The highest BCUT2D eigenvalue weighted by atomic mass is 32.2. The number of carbonyl (C=O) groups is 5. The lowest BCUT2D eigenvalue weighted by Crippen LogP contribution is -2.58. The molecule has 3 amide bonds. The average molecular weight is 645 g/mol. The molecule has 3 heterocycles. The van der Waals surface area contributed by atoms with Gasteiger partial charge in [0.05, 0.1) is 53.0 Å². The van der Waals surface area contributed by atoms with Crippen LogP contribution in [0.25, 0.3) is 5.57 Å². The number of carbonyl (C=O) groups excluding carboxylic acids is 5. The van der Waals surface area contributed by atoms with Crippen molar-refractivity contribution in [2.24, 2.45) is 11.8 Å². The normalized spacial score (nSPS) is 23.0.